The molecule has 0 amide bonds. The van der Waals surface area contributed by atoms with Crippen LogP contribution in [0.4, 0.5) is 4.48 Å². The lowest BCUT2D eigenvalue weighted by Gasteiger charge is -2.09. The molecule has 0 saturated heterocycles. The number of carboxylic acids is 1. The molecule has 1 atom stereocenters. The monoisotopic (exact) mass is 247 g/mol. The van der Waals surface area contributed by atoms with Crippen molar-refractivity contribution in [2.24, 2.45) is 5.92 Å². The molecule has 0 saturated carbocycles. The number of rotatable bonds is 4. The minimum Gasteiger partial charge on any atom is -0.480 e. The van der Waals surface area contributed by atoms with Gasteiger partial charge in [0.25, 0.3) is 0 Å². The number of carbonyl (C=O) groups is 1. The fourth-order valence-electron chi connectivity index (χ4n) is 0.663. The van der Waals surface area contributed by atoms with Crippen LogP contribution in [0.5, 0.6) is 0 Å². The summed E-state index contributed by atoms with van der Waals surface area (Å²) in [5.74, 6) is -0.958. The molecule has 0 radical (unpaired) electrons. The zero-order valence-corrected chi connectivity index (χ0v) is 9.03. The molecule has 0 aromatic rings. The zero-order valence-electron chi connectivity index (χ0n) is 8.21. The summed E-state index contributed by atoms with van der Waals surface area (Å²) in [6, 6.07) is -1.06. The van der Waals surface area contributed by atoms with Crippen molar-refractivity contribution in [3.8, 4) is 0 Å². The standard InChI is InChI=1S/C6H12FNO2.H2O4S/c1-4(2)3-5(8-7)6(9)10;1-5(2,3)4/h4-5,8H,3H2,1-2H3,(H,9,10);(H2,1,2,3,4)/t5-;/m0./s1. The van der Waals surface area contributed by atoms with Gasteiger partial charge in [-0.25, -0.2) is 0 Å². The highest BCUT2D eigenvalue weighted by Gasteiger charge is 2.17. The highest BCUT2D eigenvalue weighted by atomic mass is 32.3. The Labute approximate surface area is 86.8 Å². The summed E-state index contributed by atoms with van der Waals surface area (Å²) in [5.41, 5.74) is 1.23. The van der Waals surface area contributed by atoms with E-state index in [4.69, 9.17) is 22.6 Å². The van der Waals surface area contributed by atoms with Crippen LogP contribution in [0.15, 0.2) is 0 Å². The molecular weight excluding hydrogens is 233 g/mol. The molecular formula is C6H14FNO6S. The fourth-order valence-corrected chi connectivity index (χ4v) is 0.663. The topological polar surface area (TPSA) is 124 Å². The van der Waals surface area contributed by atoms with E-state index in [9.17, 15) is 9.28 Å². The number of halogens is 1. The third-order valence-electron chi connectivity index (χ3n) is 1.14. The van der Waals surface area contributed by atoms with Crippen LogP contribution in [0.3, 0.4) is 0 Å². The summed E-state index contributed by atoms with van der Waals surface area (Å²) in [4.78, 5) is 10.2. The zero-order chi connectivity index (χ0) is 12.6. The lowest BCUT2D eigenvalue weighted by Crippen LogP contribution is -2.32. The minimum absolute atomic E-state index is 0.185. The van der Waals surface area contributed by atoms with Gasteiger partial charge in [0.2, 0.25) is 0 Å². The first kappa shape index (κ1) is 16.7. The first-order chi connectivity index (χ1) is 6.57. The van der Waals surface area contributed by atoms with Gasteiger partial charge in [0.05, 0.1) is 0 Å². The van der Waals surface area contributed by atoms with Crippen LogP contribution in [0.2, 0.25) is 0 Å². The molecule has 0 heterocycles. The quantitative estimate of drug-likeness (QED) is 0.416. The van der Waals surface area contributed by atoms with Crippen LogP contribution >= 0.6 is 0 Å². The summed E-state index contributed by atoms with van der Waals surface area (Å²) >= 11 is 0. The molecule has 0 aromatic carbocycles. The van der Waals surface area contributed by atoms with Crippen LogP contribution in [-0.2, 0) is 15.2 Å². The van der Waals surface area contributed by atoms with Crippen molar-refractivity contribution in [3.63, 3.8) is 0 Å². The predicted octanol–water partition coefficient (Wildman–Crippen LogP) is 0.307. The molecule has 0 aromatic heterocycles. The first-order valence-corrected chi connectivity index (χ1v) is 5.26. The van der Waals surface area contributed by atoms with Gasteiger partial charge in [0.1, 0.15) is 6.04 Å². The maximum atomic E-state index is 11.6. The smallest absolute Gasteiger partial charge is 0.394 e. The highest BCUT2D eigenvalue weighted by Crippen LogP contribution is 2.04. The molecule has 0 unspecified atom stereocenters. The average Bonchev–Trinajstić information content (AvgIpc) is 1.95. The van der Waals surface area contributed by atoms with Crippen molar-refractivity contribution < 1.29 is 31.9 Å². The predicted molar refractivity (Wildman–Crippen MR) is 49.3 cm³/mol. The molecule has 0 aliphatic heterocycles. The summed E-state index contributed by atoms with van der Waals surface area (Å²) in [6.45, 7) is 3.68. The van der Waals surface area contributed by atoms with Crippen molar-refractivity contribution in [1.82, 2.24) is 5.54 Å². The van der Waals surface area contributed by atoms with E-state index >= 15 is 0 Å². The van der Waals surface area contributed by atoms with Crippen molar-refractivity contribution in [2.75, 3.05) is 0 Å². The van der Waals surface area contributed by atoms with Crippen LogP contribution in [-0.4, -0.2) is 34.6 Å². The van der Waals surface area contributed by atoms with E-state index in [0.29, 0.717) is 6.42 Å². The second-order valence-electron chi connectivity index (χ2n) is 3.08. The summed E-state index contributed by atoms with van der Waals surface area (Å²) in [6.07, 6.45) is 0.311. The average molecular weight is 247 g/mol. The molecule has 92 valence electrons. The lowest BCUT2D eigenvalue weighted by molar-refractivity contribution is -0.141. The summed E-state index contributed by atoms with van der Waals surface area (Å²) in [5, 5.41) is 8.32. The highest BCUT2D eigenvalue weighted by molar-refractivity contribution is 7.79. The van der Waals surface area contributed by atoms with Crippen molar-refractivity contribution in [2.45, 2.75) is 26.3 Å². The number of aliphatic carboxylic acids is 1. The first-order valence-electron chi connectivity index (χ1n) is 3.86. The Hall–Kier alpha value is -0.770. The largest absolute Gasteiger partial charge is 0.480 e. The molecule has 0 fully saturated rings. The third-order valence-corrected chi connectivity index (χ3v) is 1.14. The van der Waals surface area contributed by atoms with Gasteiger partial charge in [0, 0.05) is 0 Å². The van der Waals surface area contributed by atoms with E-state index in [1.54, 1.807) is 0 Å². The van der Waals surface area contributed by atoms with Gasteiger partial charge >= 0.3 is 16.4 Å². The Bertz CT molecular complexity index is 269. The fraction of sp³-hybridized carbons (Fsp3) is 0.833. The number of hydrogen-bond acceptors (Lipinski definition) is 4. The van der Waals surface area contributed by atoms with E-state index < -0.39 is 22.4 Å². The van der Waals surface area contributed by atoms with Crippen LogP contribution in [0.25, 0.3) is 0 Å². The Morgan fingerprint density at radius 1 is 1.40 bits per heavy atom. The molecule has 4 N–H and O–H groups in total. The van der Waals surface area contributed by atoms with Gasteiger partial charge in [0.15, 0.2) is 0 Å². The van der Waals surface area contributed by atoms with E-state index in [0.717, 1.165) is 0 Å². The van der Waals surface area contributed by atoms with Crippen molar-refractivity contribution in [1.29, 1.82) is 0 Å². The van der Waals surface area contributed by atoms with Crippen LogP contribution < -0.4 is 5.54 Å². The molecule has 15 heavy (non-hydrogen) atoms. The second-order valence-corrected chi connectivity index (χ2v) is 3.97. The van der Waals surface area contributed by atoms with Gasteiger partial charge in [-0.1, -0.05) is 13.8 Å². The van der Waals surface area contributed by atoms with E-state index in [1.165, 1.54) is 5.54 Å². The molecule has 0 spiro atoms. The van der Waals surface area contributed by atoms with Gasteiger partial charge in [-0.3, -0.25) is 13.9 Å². The normalized spacial score (nSPS) is 12.9. The minimum atomic E-state index is -4.67. The molecule has 9 heteroatoms. The molecule has 0 rings (SSSR count). The maximum Gasteiger partial charge on any atom is 0.394 e. The third kappa shape index (κ3) is 19.6. The van der Waals surface area contributed by atoms with Gasteiger partial charge < -0.3 is 5.11 Å². The molecule has 0 bridgehead atoms. The van der Waals surface area contributed by atoms with Gasteiger partial charge in [-0.15, -0.1) is 10.0 Å². The van der Waals surface area contributed by atoms with Crippen LogP contribution in [0, 0.1) is 5.92 Å². The van der Waals surface area contributed by atoms with Gasteiger partial charge in [-0.2, -0.15) is 8.42 Å². The number of nitrogens with one attached hydrogen (secondary N) is 1. The Morgan fingerprint density at radius 2 is 1.73 bits per heavy atom. The van der Waals surface area contributed by atoms with E-state index in [-0.39, 0.29) is 5.92 Å². The number of carboxylic acid groups (broad SMARTS) is 1. The second kappa shape index (κ2) is 7.51. The van der Waals surface area contributed by atoms with E-state index in [2.05, 4.69) is 0 Å². The van der Waals surface area contributed by atoms with E-state index in [1.807, 2.05) is 13.8 Å². The SMILES string of the molecule is CC(C)C[C@H](NF)C(=O)O.O=S(=O)(O)O. The molecule has 0 aliphatic carbocycles. The van der Waals surface area contributed by atoms with Crippen molar-refractivity contribution in [3.05, 3.63) is 0 Å². The summed E-state index contributed by atoms with van der Waals surface area (Å²) in [7, 11) is -4.67. The van der Waals surface area contributed by atoms with Crippen molar-refractivity contribution >= 4 is 16.4 Å². The van der Waals surface area contributed by atoms with Crippen LogP contribution in [0.1, 0.15) is 20.3 Å². The van der Waals surface area contributed by atoms with Gasteiger partial charge in [-0.05, 0) is 12.3 Å². The summed E-state index contributed by atoms with van der Waals surface area (Å²) < 4.78 is 43.2. The number of hydrogen-bond donors (Lipinski definition) is 4. The maximum absolute atomic E-state index is 11.6. The lowest BCUT2D eigenvalue weighted by atomic mass is 10.1. The molecule has 0 aliphatic rings. The Balaban J connectivity index is 0. The Kier molecular flexibility index (Phi) is 8.34. The molecule has 7 nitrogen and oxygen atoms in total. The Morgan fingerprint density at radius 3 is 1.80 bits per heavy atom.